The summed E-state index contributed by atoms with van der Waals surface area (Å²) in [6, 6.07) is 0. The van der Waals surface area contributed by atoms with E-state index in [0.29, 0.717) is 11.5 Å². The van der Waals surface area contributed by atoms with Gasteiger partial charge >= 0.3 is 5.97 Å². The number of esters is 1. The van der Waals surface area contributed by atoms with Gasteiger partial charge in [0.2, 0.25) is 0 Å². The maximum Gasteiger partial charge on any atom is 0.333 e. The summed E-state index contributed by atoms with van der Waals surface area (Å²) in [5, 5.41) is 0. The van der Waals surface area contributed by atoms with Gasteiger partial charge in [0.25, 0.3) is 0 Å². The monoisotopic (exact) mass is 264 g/mol. The Labute approximate surface area is 117 Å². The number of fused-ring (bicyclic) bond motifs is 1. The first-order valence-electron chi connectivity index (χ1n) is 7.92. The Hall–Kier alpha value is -0.790. The number of carbonyl (C=O) groups is 1. The number of carbonyl (C=O) groups excluding carboxylic acids is 1. The Morgan fingerprint density at radius 2 is 1.74 bits per heavy atom. The fraction of sp³-hybridized carbons (Fsp3) is 0.824. The summed E-state index contributed by atoms with van der Waals surface area (Å²) in [6.45, 7) is 7.63. The molecule has 0 bridgehead atoms. The van der Waals surface area contributed by atoms with Crippen LogP contribution in [0.3, 0.4) is 0 Å². The zero-order chi connectivity index (χ0) is 13.9. The van der Waals surface area contributed by atoms with Crippen LogP contribution >= 0.6 is 0 Å². The second-order valence-corrected chi connectivity index (χ2v) is 6.73. The maximum absolute atomic E-state index is 12.0. The van der Waals surface area contributed by atoms with E-state index in [9.17, 15) is 4.79 Å². The Bertz CT molecular complexity index is 345. The zero-order valence-electron chi connectivity index (χ0n) is 12.5. The van der Waals surface area contributed by atoms with Crippen molar-refractivity contribution in [1.82, 2.24) is 0 Å². The van der Waals surface area contributed by atoms with Crippen molar-refractivity contribution in [3.63, 3.8) is 0 Å². The minimum Gasteiger partial charge on any atom is -0.456 e. The molecule has 0 saturated heterocycles. The van der Waals surface area contributed by atoms with Crippen molar-refractivity contribution in [3.8, 4) is 0 Å². The third-order valence-electron chi connectivity index (χ3n) is 5.12. The molecule has 3 unspecified atom stereocenters. The van der Waals surface area contributed by atoms with Gasteiger partial charge in [-0.1, -0.05) is 45.1 Å². The van der Waals surface area contributed by atoms with Crippen LogP contribution in [0.4, 0.5) is 0 Å². The van der Waals surface area contributed by atoms with E-state index >= 15 is 0 Å². The van der Waals surface area contributed by atoms with E-state index in [1.54, 1.807) is 6.92 Å². The second-order valence-electron chi connectivity index (χ2n) is 6.73. The summed E-state index contributed by atoms with van der Waals surface area (Å²) in [7, 11) is 0. The number of ether oxygens (including phenoxy) is 1. The van der Waals surface area contributed by atoms with E-state index in [1.807, 2.05) is 0 Å². The molecular weight excluding hydrogens is 236 g/mol. The molecule has 0 aromatic carbocycles. The summed E-state index contributed by atoms with van der Waals surface area (Å²) in [4.78, 5) is 12.0. The van der Waals surface area contributed by atoms with Crippen LogP contribution < -0.4 is 0 Å². The molecule has 2 aliphatic rings. The van der Waals surface area contributed by atoms with Crippen LogP contribution in [0.1, 0.15) is 71.6 Å². The van der Waals surface area contributed by atoms with Gasteiger partial charge in [0, 0.05) is 11.5 Å². The highest BCUT2D eigenvalue weighted by atomic mass is 16.6. The lowest BCUT2D eigenvalue weighted by atomic mass is 9.75. The van der Waals surface area contributed by atoms with Gasteiger partial charge in [0.05, 0.1) is 0 Å². The van der Waals surface area contributed by atoms with Crippen molar-refractivity contribution >= 4 is 5.97 Å². The molecule has 0 aliphatic heterocycles. The van der Waals surface area contributed by atoms with Crippen molar-refractivity contribution in [3.05, 3.63) is 12.2 Å². The number of rotatable bonds is 2. The third kappa shape index (κ3) is 3.40. The number of hydrogen-bond acceptors (Lipinski definition) is 2. The van der Waals surface area contributed by atoms with E-state index in [0.717, 1.165) is 12.3 Å². The summed E-state index contributed by atoms with van der Waals surface area (Å²) in [6.07, 6.45) is 11.4. The summed E-state index contributed by atoms with van der Waals surface area (Å²) < 4.78 is 5.91. The molecule has 0 radical (unpaired) electrons. The van der Waals surface area contributed by atoms with Crippen molar-refractivity contribution in [1.29, 1.82) is 0 Å². The van der Waals surface area contributed by atoms with Crippen molar-refractivity contribution < 1.29 is 9.53 Å². The fourth-order valence-corrected chi connectivity index (χ4v) is 4.03. The molecule has 19 heavy (non-hydrogen) atoms. The van der Waals surface area contributed by atoms with Crippen LogP contribution in [0.15, 0.2) is 12.2 Å². The minimum absolute atomic E-state index is 0.201. The first-order valence-corrected chi connectivity index (χ1v) is 7.92. The van der Waals surface area contributed by atoms with Crippen molar-refractivity contribution in [2.45, 2.75) is 77.2 Å². The van der Waals surface area contributed by atoms with Gasteiger partial charge < -0.3 is 4.74 Å². The molecule has 0 spiro atoms. The topological polar surface area (TPSA) is 26.3 Å². The lowest BCUT2D eigenvalue weighted by Crippen LogP contribution is -2.42. The first-order chi connectivity index (χ1) is 9.03. The Morgan fingerprint density at radius 1 is 1.11 bits per heavy atom. The largest absolute Gasteiger partial charge is 0.456 e. The van der Waals surface area contributed by atoms with Gasteiger partial charge in [-0.2, -0.15) is 0 Å². The van der Waals surface area contributed by atoms with E-state index in [2.05, 4.69) is 13.5 Å². The summed E-state index contributed by atoms with van der Waals surface area (Å²) >= 11 is 0. The van der Waals surface area contributed by atoms with E-state index in [-0.39, 0.29) is 11.6 Å². The van der Waals surface area contributed by atoms with E-state index in [4.69, 9.17) is 4.74 Å². The highest BCUT2D eigenvalue weighted by molar-refractivity contribution is 5.87. The minimum atomic E-state index is -0.262. The normalized spacial score (nSPS) is 35.7. The molecule has 2 fully saturated rings. The van der Waals surface area contributed by atoms with Crippen LogP contribution in [0.5, 0.6) is 0 Å². The van der Waals surface area contributed by atoms with Crippen LogP contribution in [0.25, 0.3) is 0 Å². The molecule has 2 heteroatoms. The molecule has 0 amide bonds. The van der Waals surface area contributed by atoms with Gasteiger partial charge in [0.15, 0.2) is 0 Å². The number of hydrogen-bond donors (Lipinski definition) is 0. The third-order valence-corrected chi connectivity index (χ3v) is 5.12. The van der Waals surface area contributed by atoms with Gasteiger partial charge in [-0.3, -0.25) is 0 Å². The highest BCUT2D eigenvalue weighted by Gasteiger charge is 2.43. The molecular formula is C17H28O2. The molecule has 0 aromatic rings. The predicted molar refractivity (Wildman–Crippen MR) is 77.8 cm³/mol. The SMILES string of the molecule is C=C(C)C(=O)OC1(C)CCCCC2CCCCCC21. The quantitative estimate of drug-likeness (QED) is 0.536. The van der Waals surface area contributed by atoms with Gasteiger partial charge in [-0.15, -0.1) is 0 Å². The lowest BCUT2D eigenvalue weighted by Gasteiger charge is -2.39. The van der Waals surface area contributed by atoms with Crippen LogP contribution in [0, 0.1) is 11.8 Å². The first kappa shape index (κ1) is 14.6. The average molecular weight is 264 g/mol. The standard InChI is InChI=1S/C17H28O2/c1-13(2)16(18)19-17(3)12-8-7-10-14-9-5-4-6-11-15(14)17/h14-15H,1,4-12H2,2-3H3. The maximum atomic E-state index is 12.0. The zero-order valence-corrected chi connectivity index (χ0v) is 12.5. The van der Waals surface area contributed by atoms with Gasteiger partial charge in [0.1, 0.15) is 5.60 Å². The lowest BCUT2D eigenvalue weighted by molar-refractivity contribution is -0.162. The summed E-state index contributed by atoms with van der Waals surface area (Å²) in [5.41, 5.74) is 0.261. The Morgan fingerprint density at radius 3 is 2.42 bits per heavy atom. The highest BCUT2D eigenvalue weighted by Crippen LogP contribution is 2.45. The van der Waals surface area contributed by atoms with Crippen molar-refractivity contribution in [2.24, 2.45) is 11.8 Å². The second kappa shape index (κ2) is 6.11. The smallest absolute Gasteiger partial charge is 0.333 e. The average Bonchev–Trinajstić information content (AvgIpc) is 2.66. The molecule has 0 heterocycles. The molecule has 2 rings (SSSR count). The fourth-order valence-electron chi connectivity index (χ4n) is 4.03. The molecule has 2 nitrogen and oxygen atoms in total. The van der Waals surface area contributed by atoms with Crippen LogP contribution in [-0.4, -0.2) is 11.6 Å². The molecule has 2 aliphatic carbocycles. The molecule has 0 N–H and O–H groups in total. The van der Waals surface area contributed by atoms with Gasteiger partial charge in [-0.05, 0) is 39.0 Å². The Balaban J connectivity index is 2.18. The molecule has 108 valence electrons. The molecule has 3 atom stereocenters. The van der Waals surface area contributed by atoms with Gasteiger partial charge in [-0.25, -0.2) is 4.79 Å². The van der Waals surface area contributed by atoms with Crippen molar-refractivity contribution in [2.75, 3.05) is 0 Å². The van der Waals surface area contributed by atoms with Crippen LogP contribution in [0.2, 0.25) is 0 Å². The molecule has 0 aromatic heterocycles. The molecule has 2 saturated carbocycles. The van der Waals surface area contributed by atoms with E-state index < -0.39 is 0 Å². The summed E-state index contributed by atoms with van der Waals surface area (Å²) in [5.74, 6) is 1.11. The van der Waals surface area contributed by atoms with E-state index in [1.165, 1.54) is 51.4 Å². The predicted octanol–water partition coefficient (Wildman–Crippen LogP) is 4.63. The Kier molecular flexibility index (Phi) is 4.70. The van der Waals surface area contributed by atoms with Crippen LogP contribution in [-0.2, 0) is 9.53 Å².